The molecular weight excluding hydrogens is 586 g/mol. The number of aliphatic hydroxyl groups is 2. The molecule has 0 spiro atoms. The molecule has 4 aromatic rings. The van der Waals surface area contributed by atoms with Gasteiger partial charge >= 0.3 is 7.82 Å². The summed E-state index contributed by atoms with van der Waals surface area (Å²) >= 11 is 0. The number of halogens is 1. The molecule has 19 nitrogen and oxygen atoms in total. The fourth-order valence-electron chi connectivity index (χ4n) is 4.91. The van der Waals surface area contributed by atoms with Crippen LogP contribution >= 0.6 is 7.82 Å². The second kappa shape index (κ2) is 11.0. The summed E-state index contributed by atoms with van der Waals surface area (Å²) in [6.07, 6.45) is -6.76. The van der Waals surface area contributed by atoms with Gasteiger partial charge in [0, 0.05) is 7.11 Å². The zero-order valence-electron chi connectivity index (χ0n) is 21.7. The third kappa shape index (κ3) is 4.95. The van der Waals surface area contributed by atoms with E-state index in [2.05, 4.69) is 29.9 Å². The van der Waals surface area contributed by atoms with Crippen molar-refractivity contribution in [2.24, 2.45) is 0 Å². The third-order valence-electron chi connectivity index (χ3n) is 6.91. The van der Waals surface area contributed by atoms with Crippen LogP contribution in [0.2, 0.25) is 0 Å². The Morgan fingerprint density at radius 1 is 0.905 bits per heavy atom. The minimum atomic E-state index is -4.96. The lowest BCUT2D eigenvalue weighted by Crippen LogP contribution is -2.36. The van der Waals surface area contributed by atoms with Gasteiger partial charge in [-0.3, -0.25) is 18.2 Å². The molecule has 21 heteroatoms. The Morgan fingerprint density at radius 2 is 1.48 bits per heavy atom. The first-order chi connectivity index (χ1) is 20.1. The number of aliphatic hydroxyl groups excluding tert-OH is 2. The lowest BCUT2D eigenvalue weighted by atomic mass is 10.1. The normalized spacial score (nSPS) is 31.3. The maximum Gasteiger partial charge on any atom is 0.472 e. The van der Waals surface area contributed by atoms with Gasteiger partial charge in [-0.2, -0.15) is 0 Å². The summed E-state index contributed by atoms with van der Waals surface area (Å²) in [6, 6.07) is 0. The Bertz CT molecular complexity index is 1640. The fraction of sp³-hybridized carbons (Fsp3) is 0.524. The highest BCUT2D eigenvalue weighted by Gasteiger charge is 2.51. The summed E-state index contributed by atoms with van der Waals surface area (Å²) in [7, 11) is -3.60. The molecule has 0 radical (unpaired) electrons. The van der Waals surface area contributed by atoms with Crippen molar-refractivity contribution in [2.45, 2.75) is 49.1 Å². The molecule has 226 valence electrons. The van der Waals surface area contributed by atoms with E-state index >= 15 is 4.39 Å². The van der Waals surface area contributed by atoms with Crippen LogP contribution in [-0.2, 0) is 27.8 Å². The fourth-order valence-corrected chi connectivity index (χ4v) is 5.87. The van der Waals surface area contributed by atoms with Crippen LogP contribution in [0.5, 0.6) is 0 Å². The number of anilines is 2. The van der Waals surface area contributed by atoms with Crippen molar-refractivity contribution in [3.63, 3.8) is 0 Å². The van der Waals surface area contributed by atoms with Crippen molar-refractivity contribution in [3.05, 3.63) is 25.3 Å². The number of aromatic nitrogens is 8. The second-order valence-corrected chi connectivity index (χ2v) is 10.9. The summed E-state index contributed by atoms with van der Waals surface area (Å²) in [5.41, 5.74) is 12.5. The van der Waals surface area contributed by atoms with Crippen LogP contribution < -0.4 is 11.5 Å². The summed E-state index contributed by atoms with van der Waals surface area (Å²) in [4.78, 5) is 34.5. The monoisotopic (exact) mass is 612 g/mol. The Kier molecular flexibility index (Phi) is 7.50. The highest BCUT2D eigenvalue weighted by molar-refractivity contribution is 7.47. The minimum absolute atomic E-state index is 0.0664. The second-order valence-electron chi connectivity index (χ2n) is 9.51. The number of ether oxygens (including phenoxy) is 3. The van der Waals surface area contributed by atoms with Crippen molar-refractivity contribution < 1.29 is 47.3 Å². The van der Waals surface area contributed by atoms with Crippen LogP contribution in [-0.4, -0.2) is 111 Å². The summed E-state index contributed by atoms with van der Waals surface area (Å²) in [5, 5.41) is 21.5. The first-order valence-electron chi connectivity index (χ1n) is 12.4. The average molecular weight is 612 g/mol. The zero-order valence-corrected chi connectivity index (χ0v) is 22.6. The van der Waals surface area contributed by atoms with Gasteiger partial charge in [-0.05, 0) is 0 Å². The van der Waals surface area contributed by atoms with Crippen LogP contribution in [0.4, 0.5) is 16.0 Å². The molecule has 2 fully saturated rings. The van der Waals surface area contributed by atoms with Gasteiger partial charge in [-0.25, -0.2) is 38.9 Å². The van der Waals surface area contributed by atoms with Gasteiger partial charge in [-0.15, -0.1) is 0 Å². The number of hydrogen-bond donors (Lipinski definition) is 5. The van der Waals surface area contributed by atoms with E-state index in [-0.39, 0.29) is 40.6 Å². The van der Waals surface area contributed by atoms with Crippen LogP contribution in [0.3, 0.4) is 0 Å². The van der Waals surface area contributed by atoms with Crippen molar-refractivity contribution >= 4 is 41.8 Å². The maximum absolute atomic E-state index is 15.1. The molecule has 42 heavy (non-hydrogen) atoms. The van der Waals surface area contributed by atoms with E-state index in [1.54, 1.807) is 0 Å². The minimum Gasteiger partial charge on any atom is -0.387 e. The Hall–Kier alpha value is -3.46. The number of phosphoric acid groups is 1. The number of nitrogen functional groups attached to an aromatic ring is 2. The van der Waals surface area contributed by atoms with Crippen LogP contribution in [0.25, 0.3) is 22.3 Å². The Labute approximate surface area is 234 Å². The number of alkyl halides is 1. The standard InChI is InChI=1S/C21H26FN10O9P/c1-37-2-9-15(14(34)21(40-9)32-7-30-12-17(24)26-5-28-19(12)32)41-42(35,36)38-3-8-13(33)10(22)20(39-8)31-6-29-11-16(23)25-4-27-18(11)31/h4-10,13-15,20-21,33-34H,2-3H2,1H3,(H,35,36)(H2,23,25,27)(H2,24,26,28)/t8-,9-,10+,13+,14+,15+,20-,21-/m1/s1. The smallest absolute Gasteiger partial charge is 0.387 e. The number of imidazole rings is 2. The molecule has 0 bridgehead atoms. The molecule has 0 aliphatic carbocycles. The number of nitrogens with zero attached hydrogens (tertiary/aromatic N) is 8. The molecule has 6 heterocycles. The largest absolute Gasteiger partial charge is 0.472 e. The molecule has 0 amide bonds. The molecule has 0 saturated carbocycles. The van der Waals surface area contributed by atoms with Gasteiger partial charge in [-0.1, -0.05) is 0 Å². The van der Waals surface area contributed by atoms with Gasteiger partial charge in [0.15, 0.2) is 41.6 Å². The SMILES string of the molecule is COC[C@H]1O[C@@H](n2cnc3c(N)ncnc32)[C@@H](O)[C@H]1OP(=O)(O)OC[C@H]1O[C@@H](n2cnc3c(N)ncnc32)[C@@H](F)[C@H]1O. The first-order valence-corrected chi connectivity index (χ1v) is 13.9. The third-order valence-corrected chi connectivity index (χ3v) is 7.90. The van der Waals surface area contributed by atoms with E-state index in [1.165, 1.54) is 35.2 Å². The topological polar surface area (TPSA) is 263 Å². The van der Waals surface area contributed by atoms with Crippen molar-refractivity contribution in [3.8, 4) is 0 Å². The van der Waals surface area contributed by atoms with Gasteiger partial charge in [0.25, 0.3) is 0 Å². The molecule has 2 saturated heterocycles. The van der Waals surface area contributed by atoms with Crippen molar-refractivity contribution in [1.82, 2.24) is 39.0 Å². The quantitative estimate of drug-likeness (QED) is 0.139. The van der Waals surface area contributed by atoms with Gasteiger partial charge in [0.05, 0.1) is 25.9 Å². The number of fused-ring (bicyclic) bond motifs is 2. The summed E-state index contributed by atoms with van der Waals surface area (Å²) in [6.45, 7) is -0.884. The lowest BCUT2D eigenvalue weighted by Gasteiger charge is -2.24. The van der Waals surface area contributed by atoms with Crippen LogP contribution in [0.1, 0.15) is 12.5 Å². The first kappa shape index (κ1) is 28.6. The van der Waals surface area contributed by atoms with E-state index in [1.807, 2.05) is 0 Å². The van der Waals surface area contributed by atoms with E-state index in [0.717, 1.165) is 6.33 Å². The number of hydrogen-bond acceptors (Lipinski definition) is 16. The molecule has 2 aliphatic heterocycles. The van der Waals surface area contributed by atoms with Crippen molar-refractivity contribution in [1.29, 1.82) is 0 Å². The molecule has 6 rings (SSSR count). The van der Waals surface area contributed by atoms with E-state index in [0.29, 0.717) is 0 Å². The zero-order chi connectivity index (χ0) is 29.8. The molecule has 2 aliphatic rings. The van der Waals surface area contributed by atoms with E-state index in [9.17, 15) is 19.7 Å². The van der Waals surface area contributed by atoms with Gasteiger partial charge in [0.1, 0.15) is 54.2 Å². The molecule has 7 N–H and O–H groups in total. The molecule has 1 unspecified atom stereocenters. The van der Waals surface area contributed by atoms with Gasteiger partial charge < -0.3 is 40.8 Å². The van der Waals surface area contributed by atoms with Crippen molar-refractivity contribution in [2.75, 3.05) is 31.8 Å². The highest BCUT2D eigenvalue weighted by atomic mass is 31.2. The number of rotatable bonds is 9. The lowest BCUT2D eigenvalue weighted by molar-refractivity contribution is -0.0615. The maximum atomic E-state index is 15.1. The van der Waals surface area contributed by atoms with Gasteiger partial charge in [0.2, 0.25) is 0 Å². The number of phosphoric ester groups is 1. The molecule has 4 aromatic heterocycles. The highest BCUT2D eigenvalue weighted by Crippen LogP contribution is 2.49. The number of nitrogens with two attached hydrogens (primary N) is 2. The van der Waals surface area contributed by atoms with E-state index < -0.39 is 63.6 Å². The summed E-state index contributed by atoms with van der Waals surface area (Å²) < 4.78 is 57.6. The average Bonchev–Trinajstić information content (AvgIpc) is 3.71. The molecular formula is C21H26FN10O9P. The Balaban J connectivity index is 1.15. The van der Waals surface area contributed by atoms with Crippen LogP contribution in [0, 0.1) is 0 Å². The molecule has 9 atom stereocenters. The summed E-state index contributed by atoms with van der Waals surface area (Å²) in [5.74, 6) is 0.171. The predicted octanol–water partition coefficient (Wildman–Crippen LogP) is -1.17. The van der Waals surface area contributed by atoms with E-state index in [4.69, 9.17) is 34.7 Å². The molecule has 0 aromatic carbocycles. The number of methoxy groups -OCH3 is 1. The Morgan fingerprint density at radius 3 is 2.07 bits per heavy atom. The predicted molar refractivity (Wildman–Crippen MR) is 137 cm³/mol. The van der Waals surface area contributed by atoms with Crippen LogP contribution in [0.15, 0.2) is 25.3 Å².